The van der Waals surface area contributed by atoms with Crippen molar-refractivity contribution < 1.29 is 0 Å². The van der Waals surface area contributed by atoms with E-state index in [2.05, 4.69) is 157 Å². The van der Waals surface area contributed by atoms with Crippen molar-refractivity contribution in [1.82, 2.24) is 0 Å². The summed E-state index contributed by atoms with van der Waals surface area (Å²) in [4.78, 5) is 3.97. The van der Waals surface area contributed by atoms with Gasteiger partial charge in [-0.05, 0) is 114 Å². The molecule has 220 valence electrons. The molecule has 0 unspecified atom stereocenters. The maximum Gasteiger partial charge on any atom is 0.0449 e. The molecule has 0 fully saturated rings. The maximum atomic E-state index is 2.40. The molecule has 0 saturated carbocycles. The fourth-order valence-corrected chi connectivity index (χ4v) is 10.0. The van der Waals surface area contributed by atoms with Crippen molar-refractivity contribution in [2.75, 3.05) is 0 Å². The standard InChI is InChI=1S/C44H26S3/c1-2-7-33-32(6-1)37-24-29(27-11-13-28(14-12-27)40-21-22-44(46-40)43-10-5-23-45-43)15-18-34(37)35-19-16-30(25-38(33)35)31-17-20-42-39(26-31)36-8-3-4-9-41(36)47-42/h1-26H. The van der Waals surface area contributed by atoms with Gasteiger partial charge in [-0.15, -0.1) is 34.0 Å². The average Bonchev–Trinajstić information content (AvgIpc) is 3.92. The molecule has 0 bridgehead atoms. The predicted molar refractivity (Wildman–Crippen MR) is 209 cm³/mol. The molecule has 3 heterocycles. The van der Waals surface area contributed by atoms with E-state index < -0.39 is 0 Å². The van der Waals surface area contributed by atoms with Gasteiger partial charge in [-0.25, -0.2) is 0 Å². The summed E-state index contributed by atoms with van der Waals surface area (Å²) in [5.41, 5.74) is 6.26. The lowest BCUT2D eigenvalue weighted by molar-refractivity contribution is 1.65. The van der Waals surface area contributed by atoms with E-state index in [1.165, 1.54) is 94.9 Å². The summed E-state index contributed by atoms with van der Waals surface area (Å²) in [6.07, 6.45) is 0. The molecule has 0 nitrogen and oxygen atoms in total. The van der Waals surface area contributed by atoms with Crippen molar-refractivity contribution in [3.8, 4) is 42.4 Å². The van der Waals surface area contributed by atoms with Gasteiger partial charge in [0, 0.05) is 34.8 Å². The van der Waals surface area contributed by atoms with Crippen LogP contribution in [0.4, 0.5) is 0 Å². The third-order valence-electron chi connectivity index (χ3n) is 9.42. The van der Waals surface area contributed by atoms with Crippen molar-refractivity contribution >= 4 is 86.5 Å². The quantitative estimate of drug-likeness (QED) is 0.166. The second kappa shape index (κ2) is 10.8. The molecular formula is C44H26S3. The monoisotopic (exact) mass is 650 g/mol. The average molecular weight is 651 g/mol. The third kappa shape index (κ3) is 4.46. The van der Waals surface area contributed by atoms with Crippen molar-refractivity contribution in [3.05, 3.63) is 157 Å². The maximum absolute atomic E-state index is 2.40. The Morgan fingerprint density at radius 2 is 0.809 bits per heavy atom. The van der Waals surface area contributed by atoms with Crippen molar-refractivity contribution in [1.29, 1.82) is 0 Å². The minimum absolute atomic E-state index is 1.24. The Morgan fingerprint density at radius 1 is 0.277 bits per heavy atom. The first-order chi connectivity index (χ1) is 23.3. The van der Waals surface area contributed by atoms with Crippen molar-refractivity contribution in [2.24, 2.45) is 0 Å². The van der Waals surface area contributed by atoms with E-state index in [9.17, 15) is 0 Å². The molecule has 0 aliphatic heterocycles. The molecule has 0 aliphatic rings. The van der Waals surface area contributed by atoms with Gasteiger partial charge in [-0.3, -0.25) is 0 Å². The fourth-order valence-electron chi connectivity index (χ4n) is 7.09. The van der Waals surface area contributed by atoms with E-state index in [0.717, 1.165) is 0 Å². The lowest BCUT2D eigenvalue weighted by Crippen LogP contribution is -1.86. The summed E-state index contributed by atoms with van der Waals surface area (Å²) >= 11 is 5.53. The fraction of sp³-hybridized carbons (Fsp3) is 0. The minimum Gasteiger partial charge on any atom is -0.143 e. The first-order valence-electron chi connectivity index (χ1n) is 15.8. The SMILES string of the molecule is c1csc(-c2ccc(-c3ccc(-c4ccc5c6ccc(-c7ccc8sc9ccccc9c8c7)cc6c6ccccc6c5c4)cc3)s2)c1. The van der Waals surface area contributed by atoms with Gasteiger partial charge in [0.1, 0.15) is 0 Å². The molecular weight excluding hydrogens is 625 g/mol. The van der Waals surface area contributed by atoms with E-state index >= 15 is 0 Å². The highest BCUT2D eigenvalue weighted by atomic mass is 32.1. The van der Waals surface area contributed by atoms with Crippen LogP contribution in [-0.4, -0.2) is 0 Å². The van der Waals surface area contributed by atoms with Crippen LogP contribution in [0.5, 0.6) is 0 Å². The number of fused-ring (bicyclic) bond motifs is 9. The Morgan fingerprint density at radius 3 is 1.51 bits per heavy atom. The Hall–Kier alpha value is -5.06. The highest BCUT2D eigenvalue weighted by molar-refractivity contribution is 7.25. The lowest BCUT2D eigenvalue weighted by atomic mass is 9.90. The molecule has 0 atom stereocenters. The number of hydrogen-bond acceptors (Lipinski definition) is 3. The first-order valence-corrected chi connectivity index (χ1v) is 18.3. The van der Waals surface area contributed by atoms with E-state index in [1.54, 1.807) is 11.3 Å². The second-order valence-electron chi connectivity index (χ2n) is 12.1. The summed E-state index contributed by atoms with van der Waals surface area (Å²) in [7, 11) is 0. The smallest absolute Gasteiger partial charge is 0.0449 e. The van der Waals surface area contributed by atoms with Crippen molar-refractivity contribution in [2.45, 2.75) is 0 Å². The lowest BCUT2D eigenvalue weighted by Gasteiger charge is -2.14. The Kier molecular flexibility index (Phi) is 6.20. The molecule has 0 spiro atoms. The summed E-state index contributed by atoms with van der Waals surface area (Å²) in [6.45, 7) is 0. The number of hydrogen-bond donors (Lipinski definition) is 0. The van der Waals surface area contributed by atoms with E-state index in [-0.39, 0.29) is 0 Å². The van der Waals surface area contributed by atoms with Crippen LogP contribution in [0.1, 0.15) is 0 Å². The summed E-state index contributed by atoms with van der Waals surface area (Å²) in [5.74, 6) is 0. The highest BCUT2D eigenvalue weighted by Crippen LogP contribution is 2.41. The molecule has 10 aromatic rings. The first kappa shape index (κ1) is 27.1. The van der Waals surface area contributed by atoms with Crippen LogP contribution in [0.15, 0.2) is 157 Å². The summed E-state index contributed by atoms with van der Waals surface area (Å²) < 4.78 is 2.68. The largest absolute Gasteiger partial charge is 0.143 e. The van der Waals surface area contributed by atoms with Crippen molar-refractivity contribution in [3.63, 3.8) is 0 Å². The topological polar surface area (TPSA) is 0 Å². The van der Waals surface area contributed by atoms with Gasteiger partial charge in [0.2, 0.25) is 0 Å². The van der Waals surface area contributed by atoms with Gasteiger partial charge >= 0.3 is 0 Å². The molecule has 3 aromatic heterocycles. The molecule has 0 aliphatic carbocycles. The molecule has 47 heavy (non-hydrogen) atoms. The van der Waals surface area contributed by atoms with E-state index in [0.29, 0.717) is 0 Å². The summed E-state index contributed by atoms with van der Waals surface area (Å²) in [5, 5.41) is 12.6. The van der Waals surface area contributed by atoms with Crippen LogP contribution in [-0.2, 0) is 0 Å². The Balaban J connectivity index is 1.06. The summed E-state index contributed by atoms with van der Waals surface area (Å²) in [6, 6.07) is 56.5. The Labute approximate surface area is 284 Å². The number of benzene rings is 7. The zero-order chi connectivity index (χ0) is 30.9. The predicted octanol–water partition coefficient (Wildman–Crippen LogP) is 14.3. The molecule has 3 heteroatoms. The molecule has 0 saturated heterocycles. The van der Waals surface area contributed by atoms with Crippen LogP contribution in [0.2, 0.25) is 0 Å². The van der Waals surface area contributed by atoms with Crippen LogP contribution in [0.3, 0.4) is 0 Å². The van der Waals surface area contributed by atoms with Crippen LogP contribution < -0.4 is 0 Å². The van der Waals surface area contributed by atoms with Crippen LogP contribution in [0, 0.1) is 0 Å². The second-order valence-corrected chi connectivity index (χ2v) is 15.2. The van der Waals surface area contributed by atoms with Crippen LogP contribution in [0.25, 0.3) is 94.9 Å². The number of rotatable bonds is 4. The molecule has 10 rings (SSSR count). The Bertz CT molecular complexity index is 2760. The van der Waals surface area contributed by atoms with E-state index in [1.807, 2.05) is 22.7 Å². The normalized spacial score (nSPS) is 11.8. The van der Waals surface area contributed by atoms with Gasteiger partial charge in [-0.1, -0.05) is 103 Å². The third-order valence-corrected chi connectivity index (χ3v) is 12.8. The number of thiophene rings is 3. The van der Waals surface area contributed by atoms with Gasteiger partial charge in [0.25, 0.3) is 0 Å². The van der Waals surface area contributed by atoms with E-state index in [4.69, 9.17) is 0 Å². The van der Waals surface area contributed by atoms with Gasteiger partial charge in [0.15, 0.2) is 0 Å². The molecule has 0 radical (unpaired) electrons. The van der Waals surface area contributed by atoms with Crippen LogP contribution >= 0.6 is 34.0 Å². The van der Waals surface area contributed by atoms with Gasteiger partial charge < -0.3 is 0 Å². The zero-order valence-electron chi connectivity index (χ0n) is 25.2. The molecule has 0 amide bonds. The molecule has 0 N–H and O–H groups in total. The van der Waals surface area contributed by atoms with Gasteiger partial charge in [-0.2, -0.15) is 0 Å². The minimum atomic E-state index is 1.24. The van der Waals surface area contributed by atoms with Gasteiger partial charge in [0.05, 0.1) is 0 Å². The molecule has 7 aromatic carbocycles. The zero-order valence-corrected chi connectivity index (χ0v) is 27.7. The highest BCUT2D eigenvalue weighted by Gasteiger charge is 2.13.